The molecule has 3 aromatic heterocycles. The summed E-state index contributed by atoms with van der Waals surface area (Å²) in [6.45, 7) is 1.94. The van der Waals surface area contributed by atoms with Crippen molar-refractivity contribution in [1.29, 1.82) is 0 Å². The van der Waals surface area contributed by atoms with Crippen molar-refractivity contribution in [3.8, 4) is 0 Å². The quantitative estimate of drug-likeness (QED) is 0.202. The first-order chi connectivity index (χ1) is 16.5. The number of nitrogens with two attached hydrogens (primary N) is 1. The number of benzene rings is 2. The molecule has 0 atom stereocenters. The minimum atomic E-state index is -0.206. The number of rotatable bonds is 7. The van der Waals surface area contributed by atoms with Gasteiger partial charge in [-0.3, -0.25) is 9.89 Å². The van der Waals surface area contributed by atoms with Gasteiger partial charge in [0.15, 0.2) is 11.6 Å². The van der Waals surface area contributed by atoms with Gasteiger partial charge in [-0.25, -0.2) is 9.50 Å². The summed E-state index contributed by atoms with van der Waals surface area (Å²) < 4.78 is 1.79. The number of carbonyl (C=O) groups is 1. The van der Waals surface area contributed by atoms with Gasteiger partial charge in [0, 0.05) is 29.3 Å². The molecule has 0 spiro atoms. The number of aromatic nitrogens is 5. The summed E-state index contributed by atoms with van der Waals surface area (Å²) in [7, 11) is 0. The number of fused-ring (bicyclic) bond motifs is 1. The fraction of sp³-hybridized carbons (Fsp3) is 0.0833. The third kappa shape index (κ3) is 4.71. The Morgan fingerprint density at radius 3 is 2.71 bits per heavy atom. The van der Waals surface area contributed by atoms with Crippen LogP contribution >= 0.6 is 11.8 Å². The van der Waals surface area contributed by atoms with Crippen molar-refractivity contribution in [2.75, 3.05) is 16.4 Å². The number of nitrogens with one attached hydrogen (secondary N) is 3. The largest absolute Gasteiger partial charge is 0.397 e. The zero-order valence-electron chi connectivity index (χ0n) is 18.3. The molecular formula is C24H22N8OS. The van der Waals surface area contributed by atoms with E-state index in [1.54, 1.807) is 28.8 Å². The highest BCUT2D eigenvalue weighted by Gasteiger charge is 2.11. The van der Waals surface area contributed by atoms with Gasteiger partial charge in [-0.15, -0.1) is 5.10 Å². The molecule has 3 heterocycles. The number of thioether (sulfide) groups is 1. The number of H-pyrrole nitrogens is 1. The molecule has 9 nitrogen and oxygen atoms in total. The number of hydrogen-bond acceptors (Lipinski definition) is 7. The van der Waals surface area contributed by atoms with Gasteiger partial charge in [0.1, 0.15) is 5.52 Å². The Hall–Kier alpha value is -4.31. The average molecular weight is 471 g/mol. The number of nitrogens with zero attached hydrogens (tertiary/aromatic N) is 4. The van der Waals surface area contributed by atoms with Gasteiger partial charge in [-0.1, -0.05) is 36.0 Å². The predicted molar refractivity (Wildman–Crippen MR) is 134 cm³/mol. The molecule has 0 radical (unpaired) electrons. The third-order valence-corrected chi connectivity index (χ3v) is 6.03. The van der Waals surface area contributed by atoms with Crippen molar-refractivity contribution in [3.05, 3.63) is 89.7 Å². The van der Waals surface area contributed by atoms with Gasteiger partial charge in [0.05, 0.1) is 11.4 Å². The highest BCUT2D eigenvalue weighted by atomic mass is 32.2. The van der Waals surface area contributed by atoms with Crippen LogP contribution in [0.5, 0.6) is 0 Å². The number of aryl methyl sites for hydroxylation is 1. The molecule has 0 aliphatic rings. The highest BCUT2D eigenvalue weighted by Crippen LogP contribution is 2.25. The molecule has 0 aliphatic heterocycles. The van der Waals surface area contributed by atoms with E-state index in [0.29, 0.717) is 39.5 Å². The van der Waals surface area contributed by atoms with E-state index in [2.05, 4.69) is 30.9 Å². The smallest absolute Gasteiger partial charge is 0.255 e. The van der Waals surface area contributed by atoms with Crippen LogP contribution in [0.4, 0.5) is 23.0 Å². The first-order valence-corrected chi connectivity index (χ1v) is 11.6. The first-order valence-electron chi connectivity index (χ1n) is 10.6. The third-order valence-electron chi connectivity index (χ3n) is 5.12. The van der Waals surface area contributed by atoms with Gasteiger partial charge < -0.3 is 16.4 Å². The molecule has 2 aromatic carbocycles. The number of anilines is 4. The summed E-state index contributed by atoms with van der Waals surface area (Å²) in [5, 5.41) is 18.4. The zero-order valence-corrected chi connectivity index (χ0v) is 19.1. The van der Waals surface area contributed by atoms with Crippen LogP contribution in [0.15, 0.2) is 78.1 Å². The SMILES string of the molecule is Cc1cc(Nc2nc(SCc3ccc(C(=O)Nc4ccccc4N)cc3)nn3cccc23)n[nH]1. The molecule has 0 bridgehead atoms. The van der Waals surface area contributed by atoms with Crippen molar-refractivity contribution in [1.82, 2.24) is 24.8 Å². The van der Waals surface area contributed by atoms with Crippen LogP contribution in [-0.2, 0) is 5.75 Å². The lowest BCUT2D eigenvalue weighted by Crippen LogP contribution is -2.13. The summed E-state index contributed by atoms with van der Waals surface area (Å²) in [5.74, 6) is 1.83. The Balaban J connectivity index is 1.27. The Kier molecular flexibility index (Phi) is 5.88. The molecule has 1 amide bonds. The molecule has 0 fully saturated rings. The maximum atomic E-state index is 12.5. The number of para-hydroxylation sites is 2. The van der Waals surface area contributed by atoms with Crippen molar-refractivity contribution in [2.45, 2.75) is 17.8 Å². The molecule has 0 unspecified atom stereocenters. The highest BCUT2D eigenvalue weighted by molar-refractivity contribution is 7.98. The lowest BCUT2D eigenvalue weighted by Gasteiger charge is -2.09. The van der Waals surface area contributed by atoms with Gasteiger partial charge >= 0.3 is 0 Å². The van der Waals surface area contributed by atoms with Gasteiger partial charge in [0.25, 0.3) is 5.91 Å². The number of hydrogen-bond donors (Lipinski definition) is 4. The lowest BCUT2D eigenvalue weighted by molar-refractivity contribution is 0.102. The molecule has 5 rings (SSSR count). The second kappa shape index (κ2) is 9.28. The average Bonchev–Trinajstić information content (AvgIpc) is 3.48. The molecule has 5 N–H and O–H groups in total. The monoisotopic (exact) mass is 470 g/mol. The van der Waals surface area contributed by atoms with Crippen LogP contribution < -0.4 is 16.4 Å². The second-order valence-corrected chi connectivity index (χ2v) is 8.61. The van der Waals surface area contributed by atoms with Crippen molar-refractivity contribution in [2.24, 2.45) is 0 Å². The number of amides is 1. The van der Waals surface area contributed by atoms with E-state index in [4.69, 9.17) is 5.73 Å². The van der Waals surface area contributed by atoms with E-state index in [1.807, 2.05) is 55.6 Å². The van der Waals surface area contributed by atoms with Crippen LogP contribution in [0, 0.1) is 6.92 Å². The van der Waals surface area contributed by atoms with Crippen LogP contribution in [-0.4, -0.2) is 30.7 Å². The Morgan fingerprint density at radius 1 is 1.12 bits per heavy atom. The number of carbonyl (C=O) groups excluding carboxylic acids is 1. The van der Waals surface area contributed by atoms with Crippen molar-refractivity contribution in [3.63, 3.8) is 0 Å². The van der Waals surface area contributed by atoms with Crippen molar-refractivity contribution >= 4 is 46.2 Å². The van der Waals surface area contributed by atoms with E-state index in [1.165, 1.54) is 11.8 Å². The summed E-state index contributed by atoms with van der Waals surface area (Å²) in [6.07, 6.45) is 1.88. The molecule has 0 saturated carbocycles. The lowest BCUT2D eigenvalue weighted by atomic mass is 10.1. The van der Waals surface area contributed by atoms with E-state index >= 15 is 0 Å². The van der Waals surface area contributed by atoms with Gasteiger partial charge in [-0.05, 0) is 48.9 Å². The predicted octanol–water partition coefficient (Wildman–Crippen LogP) is 4.63. The Morgan fingerprint density at radius 2 is 1.94 bits per heavy atom. The van der Waals surface area contributed by atoms with Gasteiger partial charge in [0.2, 0.25) is 5.16 Å². The molecule has 170 valence electrons. The summed E-state index contributed by atoms with van der Waals surface area (Å²) >= 11 is 1.51. The summed E-state index contributed by atoms with van der Waals surface area (Å²) in [6, 6.07) is 20.4. The van der Waals surface area contributed by atoms with E-state index in [0.717, 1.165) is 16.8 Å². The number of nitrogen functional groups attached to an aromatic ring is 1. The molecule has 5 aromatic rings. The minimum absolute atomic E-state index is 0.206. The fourth-order valence-corrected chi connectivity index (χ4v) is 4.17. The van der Waals surface area contributed by atoms with Crippen LogP contribution in [0.3, 0.4) is 0 Å². The maximum Gasteiger partial charge on any atom is 0.255 e. The molecular weight excluding hydrogens is 448 g/mol. The van der Waals surface area contributed by atoms with E-state index in [-0.39, 0.29) is 5.91 Å². The number of aromatic amines is 1. The van der Waals surface area contributed by atoms with Crippen LogP contribution in [0.25, 0.3) is 5.52 Å². The summed E-state index contributed by atoms with van der Waals surface area (Å²) in [4.78, 5) is 17.2. The standard InChI is InChI=1S/C24H22N8OS/c1-15-13-21(30-29-15)27-22-20-7-4-12-32(20)31-24(28-22)34-14-16-8-10-17(11-9-16)23(33)26-19-6-3-2-5-18(19)25/h2-13H,14,25H2,1H3,(H,26,33)(H2,27,28,29,30,31). The zero-order chi connectivity index (χ0) is 23.5. The maximum absolute atomic E-state index is 12.5. The normalized spacial score (nSPS) is 11.0. The molecule has 10 heteroatoms. The Bertz CT molecular complexity index is 1460. The van der Waals surface area contributed by atoms with Crippen LogP contribution in [0.2, 0.25) is 0 Å². The van der Waals surface area contributed by atoms with Gasteiger partial charge in [-0.2, -0.15) is 5.10 Å². The summed E-state index contributed by atoms with van der Waals surface area (Å²) in [5.41, 5.74) is 10.5. The molecule has 0 aliphatic carbocycles. The Labute approximate surface area is 199 Å². The minimum Gasteiger partial charge on any atom is -0.397 e. The second-order valence-electron chi connectivity index (χ2n) is 7.67. The topological polar surface area (TPSA) is 126 Å². The van der Waals surface area contributed by atoms with E-state index < -0.39 is 0 Å². The van der Waals surface area contributed by atoms with E-state index in [9.17, 15) is 4.79 Å². The fourth-order valence-electron chi connectivity index (χ4n) is 3.38. The van der Waals surface area contributed by atoms with Crippen molar-refractivity contribution < 1.29 is 4.79 Å². The molecule has 34 heavy (non-hydrogen) atoms. The molecule has 0 saturated heterocycles. The van der Waals surface area contributed by atoms with Crippen LogP contribution in [0.1, 0.15) is 21.6 Å². The first kappa shape index (κ1) is 21.5.